The molecule has 0 aliphatic heterocycles. The minimum atomic E-state index is -0.461. The molecule has 0 rings (SSSR count). The zero-order valence-electron chi connectivity index (χ0n) is 6.37. The number of hydrogen-bond acceptors (Lipinski definition) is 1. The third kappa shape index (κ3) is 4.83. The molecule has 0 atom stereocenters. The largest absolute Gasteiger partial charge is 0.296 e. The summed E-state index contributed by atoms with van der Waals surface area (Å²) in [5.41, 5.74) is 0. The molecular weight excluding hydrogens is 387 g/mol. The van der Waals surface area contributed by atoms with Crippen molar-refractivity contribution in [1.29, 1.82) is 0 Å². The maximum absolute atomic E-state index is 11.2. The van der Waals surface area contributed by atoms with Gasteiger partial charge in [0.25, 0.3) is 0 Å². The predicted molar refractivity (Wildman–Crippen MR) is 64.0 cm³/mol. The van der Waals surface area contributed by atoms with Crippen LogP contribution in [0.4, 0.5) is 0 Å². The molecule has 0 radical (unpaired) electrons. The minimum Gasteiger partial charge on any atom is -0.296 e. The topological polar surface area (TPSA) is 17.1 Å². The van der Waals surface area contributed by atoms with Crippen LogP contribution in [0.15, 0.2) is 0 Å². The predicted octanol–water partition coefficient (Wildman–Crippen LogP) is 3.67. The lowest BCUT2D eigenvalue weighted by Crippen LogP contribution is -2.25. The van der Waals surface area contributed by atoms with Crippen molar-refractivity contribution in [3.63, 3.8) is 0 Å². The first-order valence-electron chi connectivity index (χ1n) is 3.51. The second-order valence-corrected chi connectivity index (χ2v) is 6.90. The molecule has 0 saturated carbocycles. The van der Waals surface area contributed by atoms with Gasteiger partial charge < -0.3 is 0 Å². The van der Waals surface area contributed by atoms with E-state index in [-0.39, 0.29) is 5.78 Å². The number of carbonyl (C=O) groups is 1. The zero-order chi connectivity index (χ0) is 8.91. The van der Waals surface area contributed by atoms with Crippen LogP contribution in [0.1, 0.15) is 26.2 Å². The smallest absolute Gasteiger partial charge is 0.169 e. The van der Waals surface area contributed by atoms with Crippen molar-refractivity contribution >= 4 is 60.2 Å². The van der Waals surface area contributed by atoms with Crippen LogP contribution in [0.25, 0.3) is 0 Å². The lowest BCUT2D eigenvalue weighted by molar-refractivity contribution is -0.116. The molecule has 0 amide bonds. The van der Waals surface area contributed by atoms with Crippen molar-refractivity contribution in [2.75, 3.05) is 4.43 Å². The van der Waals surface area contributed by atoms with Gasteiger partial charge in [0, 0.05) is 0 Å². The van der Waals surface area contributed by atoms with E-state index in [1.54, 1.807) is 0 Å². The molecule has 0 aromatic carbocycles. The number of carbonyl (C=O) groups excluding carboxylic acids is 1. The minimum absolute atomic E-state index is 0.214. The summed E-state index contributed by atoms with van der Waals surface area (Å²) in [6.45, 7) is 2.12. The first kappa shape index (κ1) is 12.4. The molecule has 0 fully saturated rings. The lowest BCUT2D eigenvalue weighted by atomic mass is 10.1. The molecule has 0 saturated heterocycles. The van der Waals surface area contributed by atoms with E-state index in [2.05, 4.69) is 61.4 Å². The Labute approximate surface area is 98.1 Å². The quantitative estimate of drug-likeness (QED) is 0.511. The molecule has 11 heavy (non-hydrogen) atoms. The average molecular weight is 398 g/mol. The Morgan fingerprint density at radius 3 is 2.45 bits per heavy atom. The van der Waals surface area contributed by atoms with Crippen molar-refractivity contribution in [2.24, 2.45) is 0 Å². The SMILES string of the molecule is CCCCC(Br)(Br)C(=O)CI. The third-order valence-corrected chi connectivity index (χ3v) is 3.74. The van der Waals surface area contributed by atoms with E-state index in [4.69, 9.17) is 0 Å². The van der Waals surface area contributed by atoms with Crippen LogP contribution < -0.4 is 0 Å². The highest BCUT2D eigenvalue weighted by Gasteiger charge is 2.29. The van der Waals surface area contributed by atoms with E-state index < -0.39 is 3.23 Å². The van der Waals surface area contributed by atoms with Crippen molar-refractivity contribution in [3.8, 4) is 0 Å². The fourth-order valence-electron chi connectivity index (χ4n) is 0.636. The van der Waals surface area contributed by atoms with Gasteiger partial charge in [-0.15, -0.1) is 0 Å². The molecule has 0 N–H and O–H groups in total. The van der Waals surface area contributed by atoms with E-state index >= 15 is 0 Å². The number of Topliss-reactive ketones (excluding diaryl/α,β-unsaturated/α-hetero) is 1. The van der Waals surface area contributed by atoms with Crippen LogP contribution >= 0.6 is 54.5 Å². The van der Waals surface area contributed by atoms with Gasteiger partial charge in [-0.3, -0.25) is 4.79 Å². The van der Waals surface area contributed by atoms with E-state index in [1.165, 1.54) is 0 Å². The molecular formula is C7H11Br2IO. The average Bonchev–Trinajstić information content (AvgIpc) is 1.99. The summed E-state index contributed by atoms with van der Waals surface area (Å²) in [6, 6.07) is 0. The summed E-state index contributed by atoms with van der Waals surface area (Å²) in [7, 11) is 0. The van der Waals surface area contributed by atoms with Gasteiger partial charge in [-0.05, 0) is 6.42 Å². The Hall–Kier alpha value is 1.36. The Bertz CT molecular complexity index is 136. The molecule has 0 unspecified atom stereocenters. The van der Waals surface area contributed by atoms with Crippen LogP contribution in [-0.4, -0.2) is 13.4 Å². The van der Waals surface area contributed by atoms with Gasteiger partial charge in [0.2, 0.25) is 0 Å². The standard InChI is InChI=1S/C7H11Br2IO/c1-2-3-4-7(8,9)6(11)5-10/h2-5H2,1H3. The Morgan fingerprint density at radius 1 is 1.55 bits per heavy atom. The highest BCUT2D eigenvalue weighted by molar-refractivity contribution is 14.1. The Kier molecular flexibility index (Phi) is 6.64. The molecule has 0 spiro atoms. The number of alkyl halides is 3. The van der Waals surface area contributed by atoms with Gasteiger partial charge in [-0.2, -0.15) is 0 Å². The molecule has 1 nitrogen and oxygen atoms in total. The molecule has 66 valence electrons. The summed E-state index contributed by atoms with van der Waals surface area (Å²) in [6.07, 6.45) is 3.05. The van der Waals surface area contributed by atoms with Crippen LogP contribution in [0, 0.1) is 0 Å². The summed E-state index contributed by atoms with van der Waals surface area (Å²) in [4.78, 5) is 11.2. The highest BCUT2D eigenvalue weighted by atomic mass is 127. The van der Waals surface area contributed by atoms with E-state index in [0.29, 0.717) is 4.43 Å². The highest BCUT2D eigenvalue weighted by Crippen LogP contribution is 2.33. The first-order chi connectivity index (χ1) is 5.04. The monoisotopic (exact) mass is 396 g/mol. The van der Waals surface area contributed by atoms with E-state index in [0.717, 1.165) is 19.3 Å². The lowest BCUT2D eigenvalue weighted by Gasteiger charge is -2.16. The van der Waals surface area contributed by atoms with Gasteiger partial charge in [0.1, 0.15) is 3.23 Å². The van der Waals surface area contributed by atoms with Crippen molar-refractivity contribution in [3.05, 3.63) is 0 Å². The summed E-state index contributed by atoms with van der Waals surface area (Å²) >= 11 is 8.82. The van der Waals surface area contributed by atoms with Crippen molar-refractivity contribution in [2.45, 2.75) is 29.4 Å². The molecule has 0 aliphatic rings. The van der Waals surface area contributed by atoms with Gasteiger partial charge in [-0.1, -0.05) is 74.2 Å². The summed E-state index contributed by atoms with van der Waals surface area (Å²) < 4.78 is 0.0924. The summed E-state index contributed by atoms with van der Waals surface area (Å²) in [5, 5.41) is 0. The zero-order valence-corrected chi connectivity index (χ0v) is 11.7. The third-order valence-electron chi connectivity index (χ3n) is 1.37. The second-order valence-electron chi connectivity index (χ2n) is 2.36. The number of halogens is 3. The Morgan fingerprint density at radius 2 is 2.09 bits per heavy atom. The second kappa shape index (κ2) is 5.91. The van der Waals surface area contributed by atoms with Gasteiger partial charge in [0.05, 0.1) is 4.43 Å². The van der Waals surface area contributed by atoms with Gasteiger partial charge in [0.15, 0.2) is 5.78 Å². The molecule has 4 heteroatoms. The van der Waals surface area contributed by atoms with Gasteiger partial charge in [-0.25, -0.2) is 0 Å². The van der Waals surface area contributed by atoms with E-state index in [9.17, 15) is 4.79 Å². The fraction of sp³-hybridized carbons (Fsp3) is 0.857. The van der Waals surface area contributed by atoms with Crippen LogP contribution in [0.3, 0.4) is 0 Å². The normalized spacial score (nSPS) is 11.6. The molecule has 0 aromatic heterocycles. The fourth-order valence-corrected chi connectivity index (χ4v) is 3.18. The Balaban J connectivity index is 3.88. The molecule has 0 aliphatic carbocycles. The van der Waals surface area contributed by atoms with Crippen LogP contribution in [-0.2, 0) is 4.79 Å². The summed E-state index contributed by atoms with van der Waals surface area (Å²) in [5.74, 6) is 0.214. The molecule has 0 heterocycles. The maximum Gasteiger partial charge on any atom is 0.169 e. The molecule has 0 bridgehead atoms. The van der Waals surface area contributed by atoms with Gasteiger partial charge >= 0.3 is 0 Å². The number of unbranched alkanes of at least 4 members (excludes halogenated alkanes) is 1. The first-order valence-corrected chi connectivity index (χ1v) is 6.63. The number of ketones is 1. The molecule has 0 aromatic rings. The van der Waals surface area contributed by atoms with Crippen molar-refractivity contribution < 1.29 is 4.79 Å². The number of hydrogen-bond donors (Lipinski definition) is 0. The van der Waals surface area contributed by atoms with E-state index in [1.807, 2.05) is 0 Å². The maximum atomic E-state index is 11.2. The number of rotatable bonds is 5. The van der Waals surface area contributed by atoms with Crippen LogP contribution in [0.5, 0.6) is 0 Å². The van der Waals surface area contributed by atoms with Crippen LogP contribution in [0.2, 0.25) is 0 Å². The van der Waals surface area contributed by atoms with Crippen molar-refractivity contribution in [1.82, 2.24) is 0 Å².